The number of anilines is 2. The van der Waals surface area contributed by atoms with Crippen LogP contribution >= 0.6 is 0 Å². The van der Waals surface area contributed by atoms with Gasteiger partial charge in [0.15, 0.2) is 0 Å². The van der Waals surface area contributed by atoms with Crippen LogP contribution in [0.25, 0.3) is 12.2 Å². The minimum Gasteiger partial charge on any atom is -0.356 e. The SMILES string of the molecule is CC(C)(C)CNC(=O)c1cccc(Nc2ccc(C=Cc3ccccn3)cc2)c1. The number of rotatable bonds is 6. The predicted molar refractivity (Wildman–Crippen MR) is 121 cm³/mol. The average molecular weight is 386 g/mol. The standard InChI is InChI=1S/C25H27N3O/c1-25(2,3)18-27-24(29)20-7-6-9-23(17-20)28-22-14-11-19(12-15-22)10-13-21-8-4-5-16-26-21/h4-17,28H,18H2,1-3H3,(H,27,29). The minimum atomic E-state index is -0.0569. The fourth-order valence-corrected chi connectivity index (χ4v) is 2.69. The second-order valence-corrected chi connectivity index (χ2v) is 8.16. The van der Waals surface area contributed by atoms with Gasteiger partial charge >= 0.3 is 0 Å². The van der Waals surface area contributed by atoms with Crippen molar-refractivity contribution in [3.63, 3.8) is 0 Å². The molecular formula is C25H27N3O. The summed E-state index contributed by atoms with van der Waals surface area (Å²) in [5.41, 5.74) is 4.57. The van der Waals surface area contributed by atoms with Crippen LogP contribution in [-0.4, -0.2) is 17.4 Å². The van der Waals surface area contributed by atoms with Crippen molar-refractivity contribution in [1.29, 1.82) is 0 Å². The van der Waals surface area contributed by atoms with Gasteiger partial charge in [-0.2, -0.15) is 0 Å². The highest BCUT2D eigenvalue weighted by molar-refractivity contribution is 5.95. The smallest absolute Gasteiger partial charge is 0.251 e. The van der Waals surface area contributed by atoms with Gasteiger partial charge in [-0.25, -0.2) is 0 Å². The van der Waals surface area contributed by atoms with Crippen LogP contribution in [-0.2, 0) is 0 Å². The van der Waals surface area contributed by atoms with Crippen molar-refractivity contribution in [1.82, 2.24) is 10.3 Å². The van der Waals surface area contributed by atoms with Crippen molar-refractivity contribution >= 4 is 29.4 Å². The highest BCUT2D eigenvalue weighted by Gasteiger charge is 2.13. The number of carbonyl (C=O) groups excluding carboxylic acids is 1. The Morgan fingerprint density at radius 3 is 2.41 bits per heavy atom. The van der Waals surface area contributed by atoms with Gasteiger partial charge < -0.3 is 10.6 Å². The Bertz CT molecular complexity index is 971. The molecule has 4 nitrogen and oxygen atoms in total. The van der Waals surface area contributed by atoms with E-state index in [0.29, 0.717) is 12.1 Å². The van der Waals surface area contributed by atoms with Crippen molar-refractivity contribution < 1.29 is 4.79 Å². The van der Waals surface area contributed by atoms with Crippen LogP contribution in [0.3, 0.4) is 0 Å². The number of hydrogen-bond acceptors (Lipinski definition) is 3. The van der Waals surface area contributed by atoms with Gasteiger partial charge in [0.05, 0.1) is 5.69 Å². The van der Waals surface area contributed by atoms with E-state index in [-0.39, 0.29) is 11.3 Å². The molecule has 29 heavy (non-hydrogen) atoms. The quantitative estimate of drug-likeness (QED) is 0.566. The monoisotopic (exact) mass is 385 g/mol. The molecule has 2 aromatic carbocycles. The molecule has 0 atom stereocenters. The Kier molecular flexibility index (Phi) is 6.45. The Balaban J connectivity index is 1.63. The molecular weight excluding hydrogens is 358 g/mol. The summed E-state index contributed by atoms with van der Waals surface area (Å²) in [4.78, 5) is 16.7. The van der Waals surface area contributed by atoms with E-state index >= 15 is 0 Å². The maximum absolute atomic E-state index is 12.4. The summed E-state index contributed by atoms with van der Waals surface area (Å²) in [6.07, 6.45) is 5.80. The molecule has 1 amide bonds. The minimum absolute atomic E-state index is 0.0539. The zero-order chi connectivity index (χ0) is 20.7. The third-order valence-electron chi connectivity index (χ3n) is 4.24. The van der Waals surface area contributed by atoms with Gasteiger partial charge in [0, 0.05) is 29.7 Å². The van der Waals surface area contributed by atoms with Crippen LogP contribution in [0.2, 0.25) is 0 Å². The van der Waals surface area contributed by atoms with E-state index in [1.165, 1.54) is 0 Å². The van der Waals surface area contributed by atoms with Crippen LogP contribution in [0, 0.1) is 5.41 Å². The molecule has 0 radical (unpaired) electrons. The van der Waals surface area contributed by atoms with Gasteiger partial charge in [-0.15, -0.1) is 0 Å². The molecule has 2 N–H and O–H groups in total. The van der Waals surface area contributed by atoms with Gasteiger partial charge in [0.2, 0.25) is 0 Å². The van der Waals surface area contributed by atoms with Crippen molar-refractivity contribution in [3.05, 3.63) is 89.7 Å². The summed E-state index contributed by atoms with van der Waals surface area (Å²) in [6.45, 7) is 6.93. The van der Waals surface area contributed by atoms with Crippen LogP contribution < -0.4 is 10.6 Å². The van der Waals surface area contributed by atoms with E-state index in [4.69, 9.17) is 0 Å². The molecule has 0 aliphatic heterocycles. The summed E-state index contributed by atoms with van der Waals surface area (Å²) in [5.74, 6) is -0.0569. The number of nitrogens with zero attached hydrogens (tertiary/aromatic N) is 1. The number of benzene rings is 2. The van der Waals surface area contributed by atoms with Crippen molar-refractivity contribution in [3.8, 4) is 0 Å². The van der Waals surface area contributed by atoms with Gasteiger partial charge in [-0.05, 0) is 59.5 Å². The van der Waals surface area contributed by atoms with Crippen LogP contribution in [0.15, 0.2) is 72.9 Å². The fourth-order valence-electron chi connectivity index (χ4n) is 2.69. The summed E-state index contributed by atoms with van der Waals surface area (Å²) in [6, 6.07) is 21.5. The van der Waals surface area contributed by atoms with Crippen LogP contribution in [0.1, 0.15) is 42.4 Å². The molecule has 1 heterocycles. The molecule has 0 spiro atoms. The average Bonchev–Trinajstić information content (AvgIpc) is 2.72. The molecule has 1 aromatic heterocycles. The maximum atomic E-state index is 12.4. The molecule has 0 aliphatic rings. The zero-order valence-corrected chi connectivity index (χ0v) is 17.1. The molecule has 4 heteroatoms. The van der Waals surface area contributed by atoms with E-state index in [0.717, 1.165) is 22.6 Å². The predicted octanol–water partition coefficient (Wildman–Crippen LogP) is 5.77. The Labute approximate surface area is 172 Å². The van der Waals surface area contributed by atoms with Gasteiger partial charge in [-0.1, -0.05) is 51.1 Å². The Morgan fingerprint density at radius 1 is 0.931 bits per heavy atom. The largest absolute Gasteiger partial charge is 0.356 e. The summed E-state index contributed by atoms with van der Waals surface area (Å²) >= 11 is 0. The molecule has 3 rings (SSSR count). The Hall–Kier alpha value is -3.40. The van der Waals surface area contributed by atoms with Gasteiger partial charge in [0.1, 0.15) is 0 Å². The molecule has 0 saturated heterocycles. The van der Waals surface area contributed by atoms with E-state index in [1.54, 1.807) is 6.20 Å². The highest BCUT2D eigenvalue weighted by atomic mass is 16.1. The normalized spacial score (nSPS) is 11.4. The van der Waals surface area contributed by atoms with E-state index in [2.05, 4.69) is 36.4 Å². The lowest BCUT2D eigenvalue weighted by atomic mass is 9.97. The summed E-state index contributed by atoms with van der Waals surface area (Å²) in [5, 5.41) is 6.34. The lowest BCUT2D eigenvalue weighted by molar-refractivity contribution is 0.0939. The number of pyridine rings is 1. The first kappa shape index (κ1) is 20.3. The fraction of sp³-hybridized carbons (Fsp3) is 0.200. The lowest BCUT2D eigenvalue weighted by Crippen LogP contribution is -2.32. The van der Waals surface area contributed by atoms with Crippen LogP contribution in [0.4, 0.5) is 11.4 Å². The molecule has 0 aliphatic carbocycles. The van der Waals surface area contributed by atoms with Crippen LogP contribution in [0.5, 0.6) is 0 Å². The number of carbonyl (C=O) groups is 1. The molecule has 0 fully saturated rings. The third kappa shape index (κ3) is 6.61. The Morgan fingerprint density at radius 2 is 1.72 bits per heavy atom. The second-order valence-electron chi connectivity index (χ2n) is 8.16. The zero-order valence-electron chi connectivity index (χ0n) is 17.1. The number of aromatic nitrogens is 1. The first-order valence-electron chi connectivity index (χ1n) is 9.74. The first-order valence-corrected chi connectivity index (χ1v) is 9.74. The van der Waals surface area contributed by atoms with Gasteiger partial charge in [0.25, 0.3) is 5.91 Å². The highest BCUT2D eigenvalue weighted by Crippen LogP contribution is 2.19. The lowest BCUT2D eigenvalue weighted by Gasteiger charge is -2.18. The van der Waals surface area contributed by atoms with E-state index < -0.39 is 0 Å². The summed E-state index contributed by atoms with van der Waals surface area (Å²) < 4.78 is 0. The molecule has 0 saturated carbocycles. The van der Waals surface area contributed by atoms with Crippen molar-refractivity contribution in [2.24, 2.45) is 5.41 Å². The number of nitrogens with one attached hydrogen (secondary N) is 2. The molecule has 3 aromatic rings. The van der Waals surface area contributed by atoms with E-state index in [1.807, 2.05) is 78.9 Å². The van der Waals surface area contributed by atoms with E-state index in [9.17, 15) is 4.79 Å². The van der Waals surface area contributed by atoms with Crippen molar-refractivity contribution in [2.45, 2.75) is 20.8 Å². The maximum Gasteiger partial charge on any atom is 0.251 e. The number of amides is 1. The van der Waals surface area contributed by atoms with Crippen molar-refractivity contribution in [2.75, 3.05) is 11.9 Å². The van der Waals surface area contributed by atoms with Gasteiger partial charge in [-0.3, -0.25) is 9.78 Å². The summed E-state index contributed by atoms with van der Waals surface area (Å²) in [7, 11) is 0. The second kappa shape index (κ2) is 9.20. The topological polar surface area (TPSA) is 54.0 Å². The molecule has 0 unspecified atom stereocenters. The number of hydrogen-bond donors (Lipinski definition) is 2. The first-order chi connectivity index (χ1) is 13.9. The molecule has 0 bridgehead atoms. The molecule has 148 valence electrons. The third-order valence-corrected chi connectivity index (χ3v) is 4.24.